The normalized spacial score (nSPS) is 11.0. The van der Waals surface area contributed by atoms with Gasteiger partial charge in [0.05, 0.1) is 20.3 Å². The average Bonchev–Trinajstić information content (AvgIpc) is 2.53. The van der Waals surface area contributed by atoms with E-state index in [0.717, 1.165) is 37.4 Å². The van der Waals surface area contributed by atoms with Crippen LogP contribution in [-0.2, 0) is 9.47 Å². The molecular formula is C18H30O3. The fraction of sp³-hybridized carbons (Fsp3) is 0.667. The predicted octanol–water partition coefficient (Wildman–Crippen LogP) is 5.11. The third-order valence-corrected chi connectivity index (χ3v) is 3.42. The summed E-state index contributed by atoms with van der Waals surface area (Å²) < 4.78 is 17.0. The number of benzene rings is 1. The summed E-state index contributed by atoms with van der Waals surface area (Å²) in [5, 5.41) is 0. The van der Waals surface area contributed by atoms with Crippen molar-refractivity contribution in [2.24, 2.45) is 0 Å². The molecule has 0 spiro atoms. The van der Waals surface area contributed by atoms with E-state index in [1.54, 1.807) is 7.11 Å². The van der Waals surface area contributed by atoms with Crippen molar-refractivity contribution < 1.29 is 14.2 Å². The molecule has 0 bridgehead atoms. The maximum atomic E-state index is 5.92. The van der Waals surface area contributed by atoms with Gasteiger partial charge in [0.2, 0.25) is 0 Å². The van der Waals surface area contributed by atoms with Gasteiger partial charge in [-0.3, -0.25) is 0 Å². The van der Waals surface area contributed by atoms with Gasteiger partial charge in [0.1, 0.15) is 5.75 Å². The molecule has 0 aromatic heterocycles. The SMILES string of the molecule is CCCCCOC(OCCCCC)c1ccc(OC)cc1. The van der Waals surface area contributed by atoms with E-state index < -0.39 is 0 Å². The van der Waals surface area contributed by atoms with Crippen LogP contribution in [0.4, 0.5) is 0 Å². The Hall–Kier alpha value is -1.06. The first-order valence-electron chi connectivity index (χ1n) is 8.19. The third-order valence-electron chi connectivity index (χ3n) is 3.42. The minimum absolute atomic E-state index is 0.260. The van der Waals surface area contributed by atoms with Crippen molar-refractivity contribution in [3.8, 4) is 5.75 Å². The van der Waals surface area contributed by atoms with Gasteiger partial charge in [-0.25, -0.2) is 0 Å². The lowest BCUT2D eigenvalue weighted by molar-refractivity contribution is -0.148. The summed E-state index contributed by atoms with van der Waals surface area (Å²) in [6.45, 7) is 5.89. The molecule has 3 nitrogen and oxygen atoms in total. The quantitative estimate of drug-likeness (QED) is 0.396. The minimum atomic E-state index is -0.260. The molecule has 0 fully saturated rings. The van der Waals surface area contributed by atoms with Crippen molar-refractivity contribution in [3.63, 3.8) is 0 Å². The monoisotopic (exact) mass is 294 g/mol. The van der Waals surface area contributed by atoms with Crippen molar-refractivity contribution in [3.05, 3.63) is 29.8 Å². The van der Waals surface area contributed by atoms with E-state index in [2.05, 4.69) is 13.8 Å². The molecule has 0 atom stereocenters. The number of methoxy groups -OCH3 is 1. The summed E-state index contributed by atoms with van der Waals surface area (Å²) in [6.07, 6.45) is 6.71. The molecule has 1 aromatic carbocycles. The fourth-order valence-electron chi connectivity index (χ4n) is 2.09. The molecule has 0 aliphatic rings. The highest BCUT2D eigenvalue weighted by Gasteiger charge is 2.12. The highest BCUT2D eigenvalue weighted by Crippen LogP contribution is 2.22. The topological polar surface area (TPSA) is 27.7 Å². The van der Waals surface area contributed by atoms with Crippen LogP contribution in [0.25, 0.3) is 0 Å². The Morgan fingerprint density at radius 3 is 1.76 bits per heavy atom. The van der Waals surface area contributed by atoms with Gasteiger partial charge in [-0.1, -0.05) is 51.7 Å². The van der Waals surface area contributed by atoms with E-state index in [1.165, 1.54) is 25.7 Å². The van der Waals surface area contributed by atoms with Crippen LogP contribution in [0.2, 0.25) is 0 Å². The van der Waals surface area contributed by atoms with Gasteiger partial charge >= 0.3 is 0 Å². The highest BCUT2D eigenvalue weighted by atomic mass is 16.7. The van der Waals surface area contributed by atoms with E-state index in [1.807, 2.05) is 24.3 Å². The zero-order valence-corrected chi connectivity index (χ0v) is 13.8. The summed E-state index contributed by atoms with van der Waals surface area (Å²) in [7, 11) is 1.68. The number of ether oxygens (including phenoxy) is 3. The van der Waals surface area contributed by atoms with Gasteiger partial charge in [0.15, 0.2) is 6.29 Å². The summed E-state index contributed by atoms with van der Waals surface area (Å²) in [5.41, 5.74) is 1.06. The highest BCUT2D eigenvalue weighted by molar-refractivity contribution is 5.27. The first-order chi connectivity index (χ1) is 10.3. The molecule has 1 rings (SSSR count). The smallest absolute Gasteiger partial charge is 0.183 e. The number of rotatable bonds is 12. The van der Waals surface area contributed by atoms with E-state index in [4.69, 9.17) is 14.2 Å². The summed E-state index contributed by atoms with van der Waals surface area (Å²) in [6, 6.07) is 7.94. The van der Waals surface area contributed by atoms with E-state index in [-0.39, 0.29) is 6.29 Å². The summed E-state index contributed by atoms with van der Waals surface area (Å²) in [5.74, 6) is 0.856. The molecular weight excluding hydrogens is 264 g/mol. The Kier molecular flexibility index (Phi) is 9.92. The molecule has 0 N–H and O–H groups in total. The molecule has 0 saturated carbocycles. The van der Waals surface area contributed by atoms with Crippen molar-refractivity contribution in [2.45, 2.75) is 58.7 Å². The van der Waals surface area contributed by atoms with Crippen LogP contribution in [0.1, 0.15) is 64.2 Å². The molecule has 3 heteroatoms. The maximum absolute atomic E-state index is 5.92. The maximum Gasteiger partial charge on any atom is 0.183 e. The van der Waals surface area contributed by atoms with Gasteiger partial charge < -0.3 is 14.2 Å². The lowest BCUT2D eigenvalue weighted by Crippen LogP contribution is -2.11. The van der Waals surface area contributed by atoms with Gasteiger partial charge in [0.25, 0.3) is 0 Å². The molecule has 0 amide bonds. The van der Waals surface area contributed by atoms with Crippen LogP contribution in [0.15, 0.2) is 24.3 Å². The van der Waals surface area contributed by atoms with Gasteiger partial charge in [-0.15, -0.1) is 0 Å². The number of hydrogen-bond acceptors (Lipinski definition) is 3. The largest absolute Gasteiger partial charge is 0.497 e. The second-order valence-electron chi connectivity index (χ2n) is 5.26. The van der Waals surface area contributed by atoms with Crippen LogP contribution in [-0.4, -0.2) is 20.3 Å². The molecule has 0 heterocycles. The molecule has 21 heavy (non-hydrogen) atoms. The Morgan fingerprint density at radius 2 is 1.33 bits per heavy atom. The van der Waals surface area contributed by atoms with Crippen molar-refractivity contribution in [1.29, 1.82) is 0 Å². The molecule has 0 aliphatic heterocycles. The zero-order valence-electron chi connectivity index (χ0n) is 13.8. The minimum Gasteiger partial charge on any atom is -0.497 e. The molecule has 0 saturated heterocycles. The second kappa shape index (κ2) is 11.6. The van der Waals surface area contributed by atoms with Crippen molar-refractivity contribution in [1.82, 2.24) is 0 Å². The summed E-state index contributed by atoms with van der Waals surface area (Å²) >= 11 is 0. The summed E-state index contributed by atoms with van der Waals surface area (Å²) in [4.78, 5) is 0. The van der Waals surface area contributed by atoms with Crippen molar-refractivity contribution >= 4 is 0 Å². The fourth-order valence-corrected chi connectivity index (χ4v) is 2.09. The van der Waals surface area contributed by atoms with Crippen LogP contribution in [0.5, 0.6) is 5.75 Å². The standard InChI is InChI=1S/C18H30O3/c1-4-6-8-14-20-18(21-15-9-7-5-2)16-10-12-17(19-3)13-11-16/h10-13,18H,4-9,14-15H2,1-3H3. The van der Waals surface area contributed by atoms with Crippen LogP contribution >= 0.6 is 0 Å². The first kappa shape index (κ1) is 18.0. The molecule has 0 aliphatic carbocycles. The Morgan fingerprint density at radius 1 is 0.810 bits per heavy atom. The number of unbranched alkanes of at least 4 members (excludes halogenated alkanes) is 4. The van der Waals surface area contributed by atoms with Gasteiger partial charge in [0, 0.05) is 5.56 Å². The lowest BCUT2D eigenvalue weighted by Gasteiger charge is -2.19. The van der Waals surface area contributed by atoms with Gasteiger partial charge in [-0.05, 0) is 25.0 Å². The Bertz CT molecular complexity index is 336. The molecule has 0 unspecified atom stereocenters. The molecule has 0 radical (unpaired) electrons. The molecule has 120 valence electrons. The Labute approximate surface area is 129 Å². The lowest BCUT2D eigenvalue weighted by atomic mass is 10.2. The Balaban J connectivity index is 2.51. The predicted molar refractivity (Wildman–Crippen MR) is 86.7 cm³/mol. The number of hydrogen-bond donors (Lipinski definition) is 0. The second-order valence-corrected chi connectivity index (χ2v) is 5.26. The van der Waals surface area contributed by atoms with E-state index in [9.17, 15) is 0 Å². The van der Waals surface area contributed by atoms with E-state index in [0.29, 0.717) is 0 Å². The third kappa shape index (κ3) is 7.49. The average molecular weight is 294 g/mol. The van der Waals surface area contributed by atoms with Crippen LogP contribution in [0.3, 0.4) is 0 Å². The van der Waals surface area contributed by atoms with Crippen LogP contribution in [0, 0.1) is 0 Å². The van der Waals surface area contributed by atoms with Gasteiger partial charge in [-0.2, -0.15) is 0 Å². The first-order valence-corrected chi connectivity index (χ1v) is 8.19. The van der Waals surface area contributed by atoms with Crippen LogP contribution < -0.4 is 4.74 Å². The zero-order chi connectivity index (χ0) is 15.3. The van der Waals surface area contributed by atoms with Crippen molar-refractivity contribution in [2.75, 3.05) is 20.3 Å². The molecule has 1 aromatic rings. The van der Waals surface area contributed by atoms with E-state index >= 15 is 0 Å².